The molecular weight excluding hydrogens is 679 g/mol. The predicted molar refractivity (Wildman–Crippen MR) is 236 cm³/mol. The topological polar surface area (TPSA) is 16.4 Å². The largest absolute Gasteiger partial charge is 0.456 e. The summed E-state index contributed by atoms with van der Waals surface area (Å²) in [5.41, 5.74) is 7.96. The third-order valence-corrected chi connectivity index (χ3v) is 10.1. The van der Waals surface area contributed by atoms with Crippen LogP contribution in [0.2, 0.25) is 0 Å². The van der Waals surface area contributed by atoms with Crippen molar-refractivity contribution < 1.29 is 16.8 Å². The fraction of sp³-hybridized carbons (Fsp3) is 0. The average Bonchev–Trinajstić information content (AvgIpc) is 3.72. The first-order valence-electron chi connectivity index (χ1n) is 22.9. The molecule has 10 rings (SSSR count). The minimum absolute atomic E-state index is 0.0720. The summed E-state index contributed by atoms with van der Waals surface area (Å²) in [7, 11) is 0. The Morgan fingerprint density at radius 1 is 0.339 bits per heavy atom. The zero-order valence-corrected chi connectivity index (χ0v) is 30.0. The van der Waals surface area contributed by atoms with Gasteiger partial charge in [-0.3, -0.25) is 0 Å². The summed E-state index contributed by atoms with van der Waals surface area (Å²) in [6.07, 6.45) is 0. The molecule has 0 bridgehead atoms. The molecule has 1 heterocycles. The van der Waals surface area contributed by atoms with Gasteiger partial charge in [0.1, 0.15) is 11.2 Å². The van der Waals surface area contributed by atoms with Crippen LogP contribution in [0.5, 0.6) is 0 Å². The third kappa shape index (κ3) is 6.04. The number of rotatable bonds is 8. The summed E-state index contributed by atoms with van der Waals surface area (Å²) in [5.74, 6) is 0. The monoisotopic (exact) mass is 724 g/mol. The molecule has 0 fully saturated rings. The molecule has 2 heteroatoms. The van der Waals surface area contributed by atoms with E-state index in [1.807, 2.05) is 109 Å². The fourth-order valence-electron chi connectivity index (χ4n) is 7.52. The van der Waals surface area contributed by atoms with Crippen molar-refractivity contribution in [2.45, 2.75) is 0 Å². The van der Waals surface area contributed by atoms with Crippen LogP contribution in [0.1, 0.15) is 12.3 Å². The highest BCUT2D eigenvalue weighted by Crippen LogP contribution is 2.47. The highest BCUT2D eigenvalue weighted by Gasteiger charge is 2.22. The lowest BCUT2D eigenvalue weighted by molar-refractivity contribution is 0.669. The van der Waals surface area contributed by atoms with E-state index in [4.69, 9.17) is 11.3 Å². The van der Waals surface area contributed by atoms with E-state index < -0.39 is 30.2 Å². The van der Waals surface area contributed by atoms with E-state index in [0.717, 1.165) is 38.6 Å². The Labute approximate surface area is 339 Å². The van der Waals surface area contributed by atoms with Crippen molar-refractivity contribution in [2.24, 2.45) is 0 Å². The second-order valence-corrected chi connectivity index (χ2v) is 13.4. The number of hydrogen-bond donors (Lipinski definition) is 0. The molecule has 2 nitrogen and oxygen atoms in total. The van der Waals surface area contributed by atoms with E-state index in [9.17, 15) is 5.48 Å². The van der Waals surface area contributed by atoms with Crippen molar-refractivity contribution in [3.63, 3.8) is 0 Å². The molecule has 0 N–H and O–H groups in total. The predicted octanol–water partition coefficient (Wildman–Crippen LogP) is 15.4. The molecule has 0 aliphatic heterocycles. The number of fused-ring (bicyclic) bond motifs is 3. The normalized spacial score (nSPS) is 13.5. The molecule has 56 heavy (non-hydrogen) atoms. The molecule has 264 valence electrons. The Hall–Kier alpha value is -7.42. The molecule has 1 aromatic heterocycles. The number of nitrogens with zero attached hydrogens (tertiary/aromatic N) is 1. The van der Waals surface area contributed by atoms with Crippen LogP contribution in [0, 0.1) is 0 Å². The quantitative estimate of drug-likeness (QED) is 0.155. The third-order valence-electron chi connectivity index (χ3n) is 10.1. The van der Waals surface area contributed by atoms with Crippen LogP contribution in [-0.4, -0.2) is 0 Å². The first kappa shape index (κ1) is 24.8. The van der Waals surface area contributed by atoms with E-state index in [-0.39, 0.29) is 52.2 Å². The van der Waals surface area contributed by atoms with Gasteiger partial charge in [-0.15, -0.1) is 0 Å². The number of anilines is 3. The summed E-state index contributed by atoms with van der Waals surface area (Å²) in [4.78, 5) is 1.64. The number of benzene rings is 9. The Morgan fingerprint density at radius 2 is 0.875 bits per heavy atom. The molecule has 0 atom stereocenters. The molecular formula is C54H37NO. The van der Waals surface area contributed by atoms with E-state index in [0.29, 0.717) is 28.0 Å². The molecule has 0 aliphatic rings. The maximum atomic E-state index is 9.82. The summed E-state index contributed by atoms with van der Waals surface area (Å²) in [5, 5.41) is 1.77. The van der Waals surface area contributed by atoms with Crippen molar-refractivity contribution >= 4 is 39.0 Å². The highest BCUT2D eigenvalue weighted by molar-refractivity contribution is 6.06. The molecule has 9 aromatic carbocycles. The van der Waals surface area contributed by atoms with Gasteiger partial charge in [0, 0.05) is 27.6 Å². The van der Waals surface area contributed by atoms with Crippen molar-refractivity contribution in [2.75, 3.05) is 4.90 Å². The lowest BCUT2D eigenvalue weighted by Crippen LogP contribution is -2.12. The maximum absolute atomic E-state index is 9.82. The van der Waals surface area contributed by atoms with Gasteiger partial charge in [0.05, 0.1) is 23.7 Å². The van der Waals surface area contributed by atoms with Crippen molar-refractivity contribution in [1.29, 1.82) is 0 Å². The van der Waals surface area contributed by atoms with E-state index in [1.54, 1.807) is 41.3 Å². The molecule has 0 radical (unpaired) electrons. The van der Waals surface area contributed by atoms with Gasteiger partial charge in [-0.25, -0.2) is 0 Å². The zero-order chi connectivity index (χ0) is 45.1. The molecule has 0 amide bonds. The second-order valence-electron chi connectivity index (χ2n) is 13.4. The zero-order valence-electron chi connectivity index (χ0n) is 39.0. The van der Waals surface area contributed by atoms with Gasteiger partial charge < -0.3 is 9.32 Å². The van der Waals surface area contributed by atoms with Crippen LogP contribution in [0.4, 0.5) is 17.1 Å². The first-order valence-corrected chi connectivity index (χ1v) is 18.4. The lowest BCUT2D eigenvalue weighted by atomic mass is 9.88. The SMILES string of the molecule is [2H]c1c([2H])c([2H])c(-c2ccccc2N(c2ccccc2-c2ccccc2-c2ccccc2-c2ccccc2)c2c([2H])c([2H])c(-c3ccc4c(c3)oc3ccccc34)c([2H])c2[2H])c([2H])c1[2H]. The Balaban J connectivity index is 1.25. The Morgan fingerprint density at radius 3 is 1.61 bits per heavy atom. The highest BCUT2D eigenvalue weighted by atomic mass is 16.3. The summed E-state index contributed by atoms with van der Waals surface area (Å²) in [6.45, 7) is 0. The summed E-state index contributed by atoms with van der Waals surface area (Å²) >= 11 is 0. The number of furan rings is 1. The van der Waals surface area contributed by atoms with Gasteiger partial charge in [-0.2, -0.15) is 0 Å². The summed E-state index contributed by atoms with van der Waals surface area (Å²) < 4.78 is 88.6. The van der Waals surface area contributed by atoms with Gasteiger partial charge >= 0.3 is 0 Å². The van der Waals surface area contributed by atoms with E-state index >= 15 is 0 Å². The van der Waals surface area contributed by atoms with E-state index in [2.05, 4.69) is 24.3 Å². The van der Waals surface area contributed by atoms with Gasteiger partial charge in [0.25, 0.3) is 0 Å². The lowest BCUT2D eigenvalue weighted by Gasteiger charge is -2.30. The van der Waals surface area contributed by atoms with Crippen LogP contribution in [-0.2, 0) is 0 Å². The van der Waals surface area contributed by atoms with E-state index in [1.165, 1.54) is 0 Å². The minimum atomic E-state index is -0.535. The van der Waals surface area contributed by atoms with Crippen LogP contribution < -0.4 is 4.90 Å². The molecule has 0 unspecified atom stereocenters. The average molecular weight is 725 g/mol. The number of para-hydroxylation sites is 3. The van der Waals surface area contributed by atoms with Crippen LogP contribution in [0.25, 0.3) is 77.6 Å². The van der Waals surface area contributed by atoms with Gasteiger partial charge in [-0.05, 0) is 86.9 Å². The molecule has 0 spiro atoms. The Kier molecular flexibility index (Phi) is 6.39. The Bertz CT molecular complexity index is 3450. The minimum Gasteiger partial charge on any atom is -0.456 e. The van der Waals surface area contributed by atoms with Crippen molar-refractivity contribution in [3.05, 3.63) is 224 Å². The van der Waals surface area contributed by atoms with Gasteiger partial charge in [0.15, 0.2) is 0 Å². The molecule has 0 saturated carbocycles. The van der Waals surface area contributed by atoms with Gasteiger partial charge in [-0.1, -0.05) is 182 Å². The molecule has 0 saturated heterocycles. The standard InChI is InChI=1S/C54H37NO/c1-3-17-39(18-4-1)43-21-7-8-23-45(43)46-24-9-10-25-47(46)48-26-12-15-29-52(48)55(51-28-14-11-22-44(51)40-19-5-2-6-20-40)42-34-31-38(32-35-42)41-33-36-50-49-27-13-16-30-53(49)56-54(50)37-41/h1-37H/i2D,5D,6D,19D,20D,31D,32D,34D,35D. The van der Waals surface area contributed by atoms with Crippen molar-refractivity contribution in [3.8, 4) is 55.6 Å². The summed E-state index contributed by atoms with van der Waals surface area (Å²) in [6, 6.07) is 49.8. The molecule has 0 aliphatic carbocycles. The molecule has 10 aromatic rings. The van der Waals surface area contributed by atoms with Crippen molar-refractivity contribution in [1.82, 2.24) is 0 Å². The maximum Gasteiger partial charge on any atom is 0.136 e. The smallest absolute Gasteiger partial charge is 0.136 e. The second kappa shape index (κ2) is 14.4. The van der Waals surface area contributed by atoms with Crippen LogP contribution in [0.15, 0.2) is 229 Å². The van der Waals surface area contributed by atoms with Crippen LogP contribution >= 0.6 is 0 Å². The van der Waals surface area contributed by atoms with Crippen LogP contribution in [0.3, 0.4) is 0 Å². The first-order chi connectivity index (χ1) is 31.5. The van der Waals surface area contributed by atoms with Gasteiger partial charge in [0.2, 0.25) is 0 Å². The fourth-order valence-corrected chi connectivity index (χ4v) is 7.52. The number of hydrogen-bond acceptors (Lipinski definition) is 2.